The van der Waals surface area contributed by atoms with E-state index in [2.05, 4.69) is 48.6 Å². The van der Waals surface area contributed by atoms with Crippen LogP contribution in [-0.2, 0) is 48.4 Å². The van der Waals surface area contributed by atoms with E-state index in [0.29, 0.717) is 6.07 Å². The van der Waals surface area contributed by atoms with Gasteiger partial charge < -0.3 is 15.9 Å². The molecule has 52 heavy (non-hydrogen) atoms. The average Bonchev–Trinajstić information content (AvgIpc) is 3.07. The van der Waals surface area contributed by atoms with E-state index in [4.69, 9.17) is 21.5 Å². The molecule has 0 aliphatic carbocycles. The first kappa shape index (κ1) is 40.4. The number of anilines is 1. The predicted molar refractivity (Wildman–Crippen MR) is 171 cm³/mol. The maximum absolute atomic E-state index is 12.4. The fourth-order valence-corrected chi connectivity index (χ4v) is 6.64. The second kappa shape index (κ2) is 17.0. The maximum atomic E-state index is 12.4. The third-order valence-electron chi connectivity index (χ3n) is 6.03. The molecular weight excluding hydrogens is 813 g/mol. The number of hydrogen-bond acceptors (Lipinski definition) is 25. The van der Waals surface area contributed by atoms with Gasteiger partial charge in [-0.3, -0.25) is 19.2 Å². The predicted octanol–water partition coefficient (Wildman–Crippen LogP) is 6.35. The fourth-order valence-electron chi connectivity index (χ4n) is 3.97. The molecule has 9 N–H and O–H groups in total. The number of nitrogen functional groups attached to an aromatic ring is 1. The standard InChI is InChI=1S/C22H16N6O19S5/c23-10-6-16(51(36,37)38)12(7-13(10)48-45-42-33)25-26-19-15(50-47-44-35)3-8-4-17(52(39,40)41)20(22(30)18(8)21(19)29)27-24-11-2-1-9(28(31)32)5-14(11)49-46-43-34/h1-7,29-30,33-35H,23H2,(H,36,37,38)(H,39,40,41). The molecule has 0 fully saturated rings. The van der Waals surface area contributed by atoms with Crippen molar-refractivity contribution < 1.29 is 85.0 Å². The SMILES string of the molecule is Nc1cc(S(=O)(=O)O)c(N=Nc2c(SOOO)cc3cc(S(=O)(=O)O)c(N=Nc4ccc([N+](=O)[O-])cc4SOOO)c(O)c3c2O)cc1SOOO. The van der Waals surface area contributed by atoms with Crippen LogP contribution in [0.4, 0.5) is 34.1 Å². The first-order valence-electron chi connectivity index (χ1n) is 12.5. The second-order valence-electron chi connectivity index (χ2n) is 9.04. The van der Waals surface area contributed by atoms with E-state index < -0.39 is 74.6 Å². The van der Waals surface area contributed by atoms with Crippen LogP contribution >= 0.6 is 36.1 Å². The highest BCUT2D eigenvalue weighted by atomic mass is 32.2. The van der Waals surface area contributed by atoms with Crippen molar-refractivity contribution in [3.8, 4) is 11.5 Å². The van der Waals surface area contributed by atoms with Crippen LogP contribution in [0.25, 0.3) is 10.8 Å². The van der Waals surface area contributed by atoms with Crippen LogP contribution in [0.5, 0.6) is 11.5 Å². The molecule has 0 radical (unpaired) electrons. The van der Waals surface area contributed by atoms with Crippen LogP contribution in [0.15, 0.2) is 87.4 Å². The molecule has 0 amide bonds. The molecule has 0 saturated carbocycles. The van der Waals surface area contributed by atoms with Gasteiger partial charge in [0.25, 0.3) is 25.9 Å². The first-order valence-corrected chi connectivity index (χ1v) is 17.6. The van der Waals surface area contributed by atoms with Gasteiger partial charge in [-0.15, -0.1) is 33.5 Å². The lowest BCUT2D eigenvalue weighted by Gasteiger charge is -2.13. The fraction of sp³-hybridized carbons (Fsp3) is 0. The molecule has 0 atom stereocenters. The third kappa shape index (κ3) is 9.35. The molecule has 0 aliphatic heterocycles. The Bertz CT molecular complexity index is 2310. The maximum Gasteiger partial charge on any atom is 0.296 e. The zero-order valence-electron chi connectivity index (χ0n) is 24.4. The van der Waals surface area contributed by atoms with Crippen molar-refractivity contribution in [1.29, 1.82) is 0 Å². The number of benzene rings is 4. The minimum Gasteiger partial charge on any atom is -0.505 e. The molecule has 0 saturated heterocycles. The van der Waals surface area contributed by atoms with Crippen molar-refractivity contribution in [2.45, 2.75) is 24.5 Å². The van der Waals surface area contributed by atoms with Crippen LogP contribution in [0, 0.1) is 10.1 Å². The summed E-state index contributed by atoms with van der Waals surface area (Å²) < 4.78 is 81.6. The summed E-state index contributed by atoms with van der Waals surface area (Å²) >= 11 is 0.582. The molecule has 0 aliphatic rings. The number of nitro benzene ring substituents is 1. The van der Waals surface area contributed by atoms with Gasteiger partial charge in [-0.2, -0.15) is 16.8 Å². The summed E-state index contributed by atoms with van der Waals surface area (Å²) in [5.74, 6) is -2.24. The van der Waals surface area contributed by atoms with Crippen LogP contribution in [0.2, 0.25) is 0 Å². The van der Waals surface area contributed by atoms with E-state index in [0.717, 1.165) is 36.4 Å². The highest BCUT2D eigenvalue weighted by Crippen LogP contribution is 2.51. The van der Waals surface area contributed by atoms with Gasteiger partial charge in [-0.25, -0.2) is 15.8 Å². The van der Waals surface area contributed by atoms with Crippen molar-refractivity contribution in [3.05, 3.63) is 52.6 Å². The highest BCUT2D eigenvalue weighted by Gasteiger charge is 2.27. The number of fused-ring (bicyclic) bond motifs is 1. The lowest BCUT2D eigenvalue weighted by atomic mass is 10.1. The lowest BCUT2D eigenvalue weighted by molar-refractivity contribution is -0.432. The Morgan fingerprint density at radius 1 is 0.673 bits per heavy atom. The van der Waals surface area contributed by atoms with Crippen molar-refractivity contribution in [3.63, 3.8) is 0 Å². The smallest absolute Gasteiger partial charge is 0.296 e. The number of non-ortho nitro benzene ring substituents is 1. The van der Waals surface area contributed by atoms with E-state index >= 15 is 0 Å². The van der Waals surface area contributed by atoms with E-state index in [1.165, 1.54) is 0 Å². The normalized spacial score (nSPS) is 12.4. The summed E-state index contributed by atoms with van der Waals surface area (Å²) in [6.45, 7) is 0. The Hall–Kier alpha value is -4.35. The molecule has 0 spiro atoms. The van der Waals surface area contributed by atoms with E-state index in [-0.39, 0.29) is 67.6 Å². The highest BCUT2D eigenvalue weighted by molar-refractivity contribution is 7.95. The first-order chi connectivity index (χ1) is 24.5. The van der Waals surface area contributed by atoms with Gasteiger partial charge in [0.15, 0.2) is 11.5 Å². The van der Waals surface area contributed by atoms with E-state index in [1.54, 1.807) is 0 Å². The van der Waals surface area contributed by atoms with Crippen molar-refractivity contribution in [2.24, 2.45) is 20.5 Å². The molecule has 4 aromatic carbocycles. The number of azo groups is 2. The van der Waals surface area contributed by atoms with Gasteiger partial charge in [0.05, 0.1) is 61.1 Å². The Morgan fingerprint density at radius 3 is 1.79 bits per heavy atom. The molecule has 0 bridgehead atoms. The number of phenolic OH excluding ortho intramolecular Hbond substituents is 2. The largest absolute Gasteiger partial charge is 0.505 e. The molecule has 0 unspecified atom stereocenters. The summed E-state index contributed by atoms with van der Waals surface area (Å²) in [5.41, 5.74) is 2.25. The Labute approximate surface area is 300 Å². The van der Waals surface area contributed by atoms with Gasteiger partial charge >= 0.3 is 0 Å². The summed E-state index contributed by atoms with van der Waals surface area (Å²) in [6, 6.07) is 6.12. The van der Waals surface area contributed by atoms with Crippen LogP contribution in [0.3, 0.4) is 0 Å². The summed E-state index contributed by atoms with van der Waals surface area (Å²) in [4.78, 5) is 7.63. The zero-order chi connectivity index (χ0) is 38.4. The molecule has 30 heteroatoms. The molecule has 0 heterocycles. The van der Waals surface area contributed by atoms with Crippen molar-refractivity contribution in [1.82, 2.24) is 0 Å². The third-order valence-corrected chi connectivity index (χ3v) is 9.70. The van der Waals surface area contributed by atoms with Gasteiger partial charge in [0.2, 0.25) is 0 Å². The molecule has 4 rings (SSSR count). The molecule has 278 valence electrons. The van der Waals surface area contributed by atoms with Gasteiger partial charge in [0.1, 0.15) is 32.5 Å². The Morgan fingerprint density at radius 2 is 1.21 bits per heavy atom. The molecule has 25 nitrogen and oxygen atoms in total. The van der Waals surface area contributed by atoms with Gasteiger partial charge in [-0.05, 0) is 35.7 Å². The Balaban J connectivity index is 1.99. The van der Waals surface area contributed by atoms with E-state index in [1.807, 2.05) is 0 Å². The van der Waals surface area contributed by atoms with E-state index in [9.17, 15) is 46.3 Å². The van der Waals surface area contributed by atoms with Crippen LogP contribution < -0.4 is 5.73 Å². The molecule has 4 aromatic rings. The van der Waals surface area contributed by atoms with Gasteiger partial charge in [0, 0.05) is 17.8 Å². The second-order valence-corrected chi connectivity index (χ2v) is 14.0. The minimum atomic E-state index is -5.27. The Kier molecular flexibility index (Phi) is 13.2. The van der Waals surface area contributed by atoms with Gasteiger partial charge in [-0.1, -0.05) is 15.1 Å². The lowest BCUT2D eigenvalue weighted by Crippen LogP contribution is -2.01. The van der Waals surface area contributed by atoms with Crippen LogP contribution in [-0.4, -0.2) is 56.8 Å². The summed E-state index contributed by atoms with van der Waals surface area (Å²) in [5, 5.41) is 83.7. The van der Waals surface area contributed by atoms with Crippen molar-refractivity contribution in [2.75, 3.05) is 5.73 Å². The minimum absolute atomic E-state index is 0.112. The van der Waals surface area contributed by atoms with Crippen LogP contribution in [0.1, 0.15) is 0 Å². The summed E-state index contributed by atoms with van der Waals surface area (Å²) in [7, 11) is -10.3. The average molecular weight is 829 g/mol. The number of aromatic hydroxyl groups is 2. The van der Waals surface area contributed by atoms with Crippen molar-refractivity contribution >= 4 is 101 Å². The summed E-state index contributed by atoms with van der Waals surface area (Å²) in [6.07, 6.45) is 0. The number of nitrogens with zero attached hydrogens (tertiary/aromatic N) is 5. The topological polar surface area (TPSA) is 384 Å². The number of rotatable bonds is 16. The number of nitrogens with two attached hydrogens (primary N) is 1. The monoisotopic (exact) mass is 828 g/mol. The molecular formula is C22H16N6O19S5. The number of nitro groups is 1. The number of hydrogen-bond donors (Lipinski definition) is 8. The molecule has 0 aromatic heterocycles. The number of phenols is 2. The quantitative estimate of drug-likeness (QED) is 0.0116. The zero-order valence-corrected chi connectivity index (χ0v) is 28.5.